The molecule has 0 heterocycles. The summed E-state index contributed by atoms with van der Waals surface area (Å²) in [5.41, 5.74) is 10.0. The lowest BCUT2D eigenvalue weighted by Crippen LogP contribution is -2.24. The molecule has 4 N–H and O–H groups in total. The maximum Gasteiger partial charge on any atom is 0.255 e. The normalized spacial score (nSPS) is 11.2. The first kappa shape index (κ1) is 25.3. The van der Waals surface area contributed by atoms with E-state index in [9.17, 15) is 18.4 Å². The fraction of sp³-hybridized carbons (Fsp3) is 0.0667. The fourth-order valence-electron chi connectivity index (χ4n) is 3.69. The Labute approximate surface area is 213 Å². The largest absolute Gasteiger partial charge is 0.397 e. The number of rotatable bonds is 7. The first-order chi connectivity index (χ1) is 17.8. The molecular weight excluding hydrogens is 472 g/mol. The van der Waals surface area contributed by atoms with E-state index in [1.807, 2.05) is 0 Å². The Morgan fingerprint density at radius 1 is 0.865 bits per heavy atom. The second kappa shape index (κ2) is 11.3. The number of nitrogen functional groups attached to an aromatic ring is 1. The number of nitrogens with one attached hydrogen (secondary N) is 2. The van der Waals surface area contributed by atoms with Crippen molar-refractivity contribution in [1.82, 2.24) is 5.32 Å². The Bertz CT molecular complexity index is 1460. The molecule has 4 aromatic rings. The summed E-state index contributed by atoms with van der Waals surface area (Å²) >= 11 is 0. The molecule has 4 aromatic carbocycles. The predicted octanol–water partition coefficient (Wildman–Crippen LogP) is 5.96. The summed E-state index contributed by atoms with van der Waals surface area (Å²) in [5.74, 6) is -1.44. The maximum absolute atomic E-state index is 13.7. The number of nitrogens with two attached hydrogens (primary N) is 1. The van der Waals surface area contributed by atoms with Gasteiger partial charge in [0.05, 0.1) is 11.4 Å². The van der Waals surface area contributed by atoms with E-state index in [0.717, 1.165) is 5.56 Å². The van der Waals surface area contributed by atoms with E-state index < -0.39 is 5.82 Å². The molecule has 0 saturated carbocycles. The zero-order valence-electron chi connectivity index (χ0n) is 20.1. The molecule has 0 bridgehead atoms. The molecule has 0 unspecified atom stereocenters. The summed E-state index contributed by atoms with van der Waals surface area (Å²) in [6, 6.07) is 23.9. The van der Waals surface area contributed by atoms with Crippen LogP contribution in [0.15, 0.2) is 91.0 Å². The van der Waals surface area contributed by atoms with Crippen LogP contribution in [0.2, 0.25) is 0 Å². The van der Waals surface area contributed by atoms with Crippen molar-refractivity contribution in [2.24, 2.45) is 0 Å². The number of benzene rings is 4. The van der Waals surface area contributed by atoms with Crippen molar-refractivity contribution in [1.29, 1.82) is 0 Å². The van der Waals surface area contributed by atoms with Gasteiger partial charge in [-0.15, -0.1) is 0 Å². The Kier molecular flexibility index (Phi) is 7.74. The smallest absolute Gasteiger partial charge is 0.255 e. The third kappa shape index (κ3) is 6.46. The van der Waals surface area contributed by atoms with Gasteiger partial charge in [-0.3, -0.25) is 9.59 Å². The maximum atomic E-state index is 13.7. The molecule has 0 radical (unpaired) electrons. The van der Waals surface area contributed by atoms with Crippen LogP contribution >= 0.6 is 0 Å². The van der Waals surface area contributed by atoms with E-state index in [1.165, 1.54) is 30.3 Å². The van der Waals surface area contributed by atoms with Crippen molar-refractivity contribution in [3.63, 3.8) is 0 Å². The highest BCUT2D eigenvalue weighted by molar-refractivity contribution is 6.24. The Balaban J connectivity index is 1.48. The van der Waals surface area contributed by atoms with Gasteiger partial charge in [-0.1, -0.05) is 42.5 Å². The second-order valence-corrected chi connectivity index (χ2v) is 8.49. The molecule has 7 heteroatoms. The van der Waals surface area contributed by atoms with E-state index in [-0.39, 0.29) is 24.2 Å². The van der Waals surface area contributed by atoms with E-state index >= 15 is 0 Å². The van der Waals surface area contributed by atoms with Crippen LogP contribution < -0.4 is 16.4 Å². The van der Waals surface area contributed by atoms with Crippen LogP contribution in [0.1, 0.15) is 32.6 Å². The SMILES string of the molecule is Cc1cc(/C=C(/C(=O)NCc2ccc(C(=O)Nc3ccccc3N)cc2)c2ccc(F)cc2)ccc1F. The van der Waals surface area contributed by atoms with E-state index in [0.29, 0.717) is 39.2 Å². The van der Waals surface area contributed by atoms with Crippen LogP contribution in [0.5, 0.6) is 0 Å². The van der Waals surface area contributed by atoms with Crippen LogP contribution in [-0.4, -0.2) is 11.8 Å². The third-order valence-electron chi connectivity index (χ3n) is 5.77. The van der Waals surface area contributed by atoms with E-state index in [4.69, 9.17) is 5.73 Å². The molecule has 0 saturated heterocycles. The van der Waals surface area contributed by atoms with Crippen LogP contribution in [-0.2, 0) is 11.3 Å². The van der Waals surface area contributed by atoms with Gasteiger partial charge in [0, 0.05) is 17.7 Å². The molecule has 0 aromatic heterocycles. The molecular formula is C30H25F2N3O2. The number of aryl methyl sites for hydroxylation is 1. The highest BCUT2D eigenvalue weighted by Gasteiger charge is 2.14. The number of carbonyl (C=O) groups excluding carboxylic acids is 2. The van der Waals surface area contributed by atoms with E-state index in [1.54, 1.807) is 73.7 Å². The average molecular weight is 498 g/mol. The van der Waals surface area contributed by atoms with Crippen molar-refractivity contribution in [3.8, 4) is 0 Å². The molecule has 0 atom stereocenters. The predicted molar refractivity (Wildman–Crippen MR) is 143 cm³/mol. The van der Waals surface area contributed by atoms with Crippen molar-refractivity contribution in [3.05, 3.63) is 130 Å². The zero-order valence-corrected chi connectivity index (χ0v) is 20.1. The Morgan fingerprint density at radius 3 is 2.22 bits per heavy atom. The van der Waals surface area contributed by atoms with Gasteiger partial charge in [-0.25, -0.2) is 8.78 Å². The lowest BCUT2D eigenvalue weighted by Gasteiger charge is -2.11. The van der Waals surface area contributed by atoms with Crippen LogP contribution in [0, 0.1) is 18.6 Å². The molecule has 0 aliphatic heterocycles. The van der Waals surface area contributed by atoms with Crippen molar-refractivity contribution in [2.45, 2.75) is 13.5 Å². The minimum Gasteiger partial charge on any atom is -0.397 e. The van der Waals surface area contributed by atoms with Crippen molar-refractivity contribution < 1.29 is 18.4 Å². The number of hydrogen-bond donors (Lipinski definition) is 3. The first-order valence-electron chi connectivity index (χ1n) is 11.6. The summed E-state index contributed by atoms with van der Waals surface area (Å²) in [6.45, 7) is 1.84. The summed E-state index contributed by atoms with van der Waals surface area (Å²) < 4.78 is 27.2. The van der Waals surface area contributed by atoms with Gasteiger partial charge in [0.25, 0.3) is 11.8 Å². The standard InChI is InChI=1S/C30H25F2N3O2/c1-19-16-21(8-15-26(19)32)17-25(22-11-13-24(31)14-12-22)30(37)34-18-20-6-9-23(10-7-20)29(36)35-28-5-3-2-4-27(28)33/h2-17H,18,33H2,1H3,(H,34,37)(H,35,36)/b25-17+. The molecule has 186 valence electrons. The highest BCUT2D eigenvalue weighted by atomic mass is 19.1. The van der Waals surface area contributed by atoms with Gasteiger partial charge in [0.15, 0.2) is 0 Å². The van der Waals surface area contributed by atoms with E-state index in [2.05, 4.69) is 10.6 Å². The van der Waals surface area contributed by atoms with Gasteiger partial charge in [-0.2, -0.15) is 0 Å². The van der Waals surface area contributed by atoms with Crippen LogP contribution in [0.25, 0.3) is 11.6 Å². The first-order valence-corrected chi connectivity index (χ1v) is 11.6. The average Bonchev–Trinajstić information content (AvgIpc) is 2.90. The monoisotopic (exact) mass is 497 g/mol. The summed E-state index contributed by atoms with van der Waals surface area (Å²) in [6.07, 6.45) is 1.64. The molecule has 0 spiro atoms. The molecule has 37 heavy (non-hydrogen) atoms. The minimum atomic E-state index is -0.416. The third-order valence-corrected chi connectivity index (χ3v) is 5.77. The molecule has 0 aliphatic rings. The Morgan fingerprint density at radius 2 is 1.54 bits per heavy atom. The Hall–Kier alpha value is -4.78. The topological polar surface area (TPSA) is 84.2 Å². The van der Waals surface area contributed by atoms with Crippen molar-refractivity contribution in [2.75, 3.05) is 11.1 Å². The molecule has 4 rings (SSSR count). The lowest BCUT2D eigenvalue weighted by molar-refractivity contribution is -0.115. The summed E-state index contributed by atoms with van der Waals surface area (Å²) in [7, 11) is 0. The lowest BCUT2D eigenvalue weighted by atomic mass is 10.0. The number of amides is 2. The van der Waals surface area contributed by atoms with Crippen LogP contribution in [0.3, 0.4) is 0 Å². The number of carbonyl (C=O) groups is 2. The molecule has 0 aliphatic carbocycles. The molecule has 2 amide bonds. The fourth-order valence-corrected chi connectivity index (χ4v) is 3.69. The highest BCUT2D eigenvalue weighted by Crippen LogP contribution is 2.21. The zero-order chi connectivity index (χ0) is 26.4. The second-order valence-electron chi connectivity index (χ2n) is 8.49. The number of anilines is 2. The number of hydrogen-bond acceptors (Lipinski definition) is 3. The van der Waals surface area contributed by atoms with Gasteiger partial charge >= 0.3 is 0 Å². The number of para-hydroxylation sites is 2. The minimum absolute atomic E-state index is 0.202. The summed E-state index contributed by atoms with van der Waals surface area (Å²) in [5, 5.41) is 5.63. The van der Waals surface area contributed by atoms with Crippen LogP contribution in [0.4, 0.5) is 20.2 Å². The van der Waals surface area contributed by atoms with Gasteiger partial charge < -0.3 is 16.4 Å². The molecule has 0 fully saturated rings. The van der Waals surface area contributed by atoms with Gasteiger partial charge in [0.2, 0.25) is 0 Å². The quantitative estimate of drug-likeness (QED) is 0.167. The summed E-state index contributed by atoms with van der Waals surface area (Å²) in [4.78, 5) is 25.7. The van der Waals surface area contributed by atoms with Gasteiger partial charge in [0.1, 0.15) is 11.6 Å². The molecule has 5 nitrogen and oxygen atoms in total. The van der Waals surface area contributed by atoms with Crippen molar-refractivity contribution >= 4 is 34.8 Å². The number of halogens is 2. The van der Waals surface area contributed by atoms with Gasteiger partial charge in [-0.05, 0) is 83.8 Å².